The van der Waals surface area contributed by atoms with Gasteiger partial charge in [-0.1, -0.05) is 12.1 Å². The molecule has 1 atom stereocenters. The molecule has 6 nitrogen and oxygen atoms in total. The monoisotopic (exact) mass is 260 g/mol. The molecule has 3 rings (SSSR count). The molecule has 19 heavy (non-hydrogen) atoms. The van der Waals surface area contributed by atoms with Gasteiger partial charge in [0.25, 0.3) is 0 Å². The maximum absolute atomic E-state index is 5.48. The van der Waals surface area contributed by atoms with E-state index in [0.29, 0.717) is 12.8 Å². The number of ether oxygens (including phenoxy) is 2. The second-order valence-electron chi connectivity index (χ2n) is 4.55. The molecule has 0 saturated heterocycles. The molecule has 2 aromatic rings. The van der Waals surface area contributed by atoms with Crippen molar-refractivity contribution in [2.24, 2.45) is 0 Å². The van der Waals surface area contributed by atoms with E-state index in [-0.39, 0.29) is 0 Å². The molecule has 1 unspecified atom stereocenters. The maximum Gasteiger partial charge on any atom is 0.231 e. The average Bonchev–Trinajstić information content (AvgIpc) is 3.06. The van der Waals surface area contributed by atoms with Crippen LogP contribution in [0, 0.1) is 0 Å². The number of nitrogens with one attached hydrogen (secondary N) is 1. The topological polar surface area (TPSA) is 61.2 Å². The van der Waals surface area contributed by atoms with Crippen molar-refractivity contribution in [1.82, 2.24) is 20.1 Å². The van der Waals surface area contributed by atoms with Crippen LogP contribution in [0.5, 0.6) is 11.5 Å². The Bertz CT molecular complexity index is 542. The molecule has 100 valence electrons. The minimum absolute atomic E-state index is 0.292. The van der Waals surface area contributed by atoms with Crippen molar-refractivity contribution in [1.29, 1.82) is 0 Å². The van der Waals surface area contributed by atoms with Gasteiger partial charge in [-0.15, -0.1) is 0 Å². The van der Waals surface area contributed by atoms with Crippen LogP contribution in [0.15, 0.2) is 30.9 Å². The molecule has 0 bridgehead atoms. The predicted molar refractivity (Wildman–Crippen MR) is 68.9 cm³/mol. The lowest BCUT2D eigenvalue weighted by atomic mass is 10.1. The van der Waals surface area contributed by atoms with E-state index in [1.54, 1.807) is 12.7 Å². The van der Waals surface area contributed by atoms with Crippen LogP contribution in [0.2, 0.25) is 0 Å². The molecule has 1 aliphatic rings. The van der Waals surface area contributed by atoms with Gasteiger partial charge in [0.15, 0.2) is 11.5 Å². The molecule has 1 aromatic heterocycles. The fourth-order valence-electron chi connectivity index (χ4n) is 2.09. The highest BCUT2D eigenvalue weighted by Crippen LogP contribution is 2.35. The van der Waals surface area contributed by atoms with E-state index in [1.807, 2.05) is 22.9 Å². The highest BCUT2D eigenvalue weighted by atomic mass is 16.7. The Balaban J connectivity index is 1.59. The number of aromatic nitrogens is 3. The Morgan fingerprint density at radius 2 is 2.37 bits per heavy atom. The molecule has 0 fully saturated rings. The van der Waals surface area contributed by atoms with Crippen LogP contribution in [0.25, 0.3) is 0 Å². The van der Waals surface area contributed by atoms with Crippen molar-refractivity contribution >= 4 is 0 Å². The third-order valence-electron chi connectivity index (χ3n) is 3.05. The Morgan fingerprint density at radius 3 is 3.21 bits per heavy atom. The summed E-state index contributed by atoms with van der Waals surface area (Å²) in [6.07, 6.45) is 3.26. The summed E-state index contributed by atoms with van der Waals surface area (Å²) in [5, 5.41) is 7.53. The van der Waals surface area contributed by atoms with Crippen molar-refractivity contribution < 1.29 is 9.47 Å². The van der Waals surface area contributed by atoms with Gasteiger partial charge in [-0.25, -0.2) is 4.98 Å². The molecule has 1 aliphatic heterocycles. The molecule has 1 N–H and O–H groups in total. The number of benzene rings is 1. The van der Waals surface area contributed by atoms with E-state index in [4.69, 9.17) is 9.47 Å². The molecule has 0 spiro atoms. The van der Waals surface area contributed by atoms with E-state index in [1.165, 1.54) is 0 Å². The first kappa shape index (κ1) is 12.0. The Hall–Kier alpha value is -2.08. The Labute approximate surface area is 111 Å². The largest absolute Gasteiger partial charge is 0.454 e. The fourth-order valence-corrected chi connectivity index (χ4v) is 2.09. The van der Waals surface area contributed by atoms with E-state index in [2.05, 4.69) is 22.3 Å². The van der Waals surface area contributed by atoms with Gasteiger partial charge in [-0.2, -0.15) is 5.10 Å². The normalized spacial score (nSPS) is 14.6. The van der Waals surface area contributed by atoms with Gasteiger partial charge in [-0.3, -0.25) is 4.68 Å². The van der Waals surface area contributed by atoms with Crippen molar-refractivity contribution in [3.05, 3.63) is 36.4 Å². The SMILES string of the molecule is CC(Cn1cncn1)NCc1cccc2c1OCO2. The summed E-state index contributed by atoms with van der Waals surface area (Å²) in [4.78, 5) is 3.93. The molecule has 0 aliphatic carbocycles. The van der Waals surface area contributed by atoms with E-state index < -0.39 is 0 Å². The van der Waals surface area contributed by atoms with Crippen LogP contribution in [0.4, 0.5) is 0 Å². The molecule has 0 saturated carbocycles. The molecule has 6 heteroatoms. The van der Waals surface area contributed by atoms with Gasteiger partial charge >= 0.3 is 0 Å². The minimum atomic E-state index is 0.292. The van der Waals surface area contributed by atoms with Crippen molar-refractivity contribution in [3.63, 3.8) is 0 Å². The van der Waals surface area contributed by atoms with Crippen molar-refractivity contribution in [3.8, 4) is 11.5 Å². The summed E-state index contributed by atoms with van der Waals surface area (Å²) in [5.41, 5.74) is 1.11. The van der Waals surface area contributed by atoms with Crippen LogP contribution >= 0.6 is 0 Å². The standard InChI is InChI=1S/C13H16N4O2/c1-10(6-17-8-14-7-16-17)15-5-11-3-2-4-12-13(11)19-9-18-12/h2-4,7-8,10,15H,5-6,9H2,1H3. The van der Waals surface area contributed by atoms with Gasteiger partial charge in [0.05, 0.1) is 6.54 Å². The van der Waals surface area contributed by atoms with E-state index in [0.717, 1.165) is 30.2 Å². The molecule has 0 amide bonds. The Morgan fingerprint density at radius 1 is 1.42 bits per heavy atom. The van der Waals surface area contributed by atoms with Crippen LogP contribution in [-0.2, 0) is 13.1 Å². The lowest BCUT2D eigenvalue weighted by Crippen LogP contribution is -2.30. The number of hydrogen-bond donors (Lipinski definition) is 1. The lowest BCUT2D eigenvalue weighted by molar-refractivity contribution is 0.173. The summed E-state index contributed by atoms with van der Waals surface area (Å²) >= 11 is 0. The molecular formula is C13H16N4O2. The van der Waals surface area contributed by atoms with Crippen molar-refractivity contribution in [2.45, 2.75) is 26.1 Å². The third-order valence-corrected chi connectivity index (χ3v) is 3.05. The number of fused-ring (bicyclic) bond motifs is 1. The van der Waals surface area contributed by atoms with Gasteiger partial charge in [-0.05, 0) is 13.0 Å². The van der Waals surface area contributed by atoms with Gasteiger partial charge in [0, 0.05) is 18.2 Å². The molecule has 2 heterocycles. The first-order valence-corrected chi connectivity index (χ1v) is 6.26. The van der Waals surface area contributed by atoms with Gasteiger partial charge in [0.2, 0.25) is 6.79 Å². The summed E-state index contributed by atoms with van der Waals surface area (Å²) in [6, 6.07) is 6.24. The zero-order valence-electron chi connectivity index (χ0n) is 10.7. The predicted octanol–water partition coefficient (Wildman–Crippen LogP) is 1.19. The summed E-state index contributed by atoms with van der Waals surface area (Å²) in [7, 11) is 0. The first-order chi connectivity index (χ1) is 9.33. The smallest absolute Gasteiger partial charge is 0.231 e. The number of nitrogens with zero attached hydrogens (tertiary/aromatic N) is 3. The maximum atomic E-state index is 5.48. The second kappa shape index (κ2) is 5.27. The molecule has 0 radical (unpaired) electrons. The molecular weight excluding hydrogens is 244 g/mol. The first-order valence-electron chi connectivity index (χ1n) is 6.26. The highest BCUT2D eigenvalue weighted by Gasteiger charge is 2.17. The zero-order chi connectivity index (χ0) is 13.1. The highest BCUT2D eigenvalue weighted by molar-refractivity contribution is 5.48. The minimum Gasteiger partial charge on any atom is -0.454 e. The quantitative estimate of drug-likeness (QED) is 0.875. The number of rotatable bonds is 5. The van der Waals surface area contributed by atoms with Gasteiger partial charge < -0.3 is 14.8 Å². The third kappa shape index (κ3) is 2.68. The Kier molecular flexibility index (Phi) is 3.33. The zero-order valence-corrected chi connectivity index (χ0v) is 10.7. The average molecular weight is 260 g/mol. The van der Waals surface area contributed by atoms with E-state index >= 15 is 0 Å². The van der Waals surface area contributed by atoms with Crippen LogP contribution in [0.3, 0.4) is 0 Å². The summed E-state index contributed by atoms with van der Waals surface area (Å²) in [6.45, 7) is 3.94. The second-order valence-corrected chi connectivity index (χ2v) is 4.55. The van der Waals surface area contributed by atoms with E-state index in [9.17, 15) is 0 Å². The number of hydrogen-bond acceptors (Lipinski definition) is 5. The summed E-state index contributed by atoms with van der Waals surface area (Å²) in [5.74, 6) is 1.67. The van der Waals surface area contributed by atoms with Crippen molar-refractivity contribution in [2.75, 3.05) is 6.79 Å². The van der Waals surface area contributed by atoms with Crippen LogP contribution in [-0.4, -0.2) is 27.6 Å². The lowest BCUT2D eigenvalue weighted by Gasteiger charge is -2.14. The van der Waals surface area contributed by atoms with Crippen LogP contribution < -0.4 is 14.8 Å². The van der Waals surface area contributed by atoms with Crippen LogP contribution in [0.1, 0.15) is 12.5 Å². The molecule has 1 aromatic carbocycles. The summed E-state index contributed by atoms with van der Waals surface area (Å²) < 4.78 is 12.6. The number of para-hydroxylation sites is 1. The van der Waals surface area contributed by atoms with Gasteiger partial charge in [0.1, 0.15) is 12.7 Å². The fraction of sp³-hybridized carbons (Fsp3) is 0.385.